The van der Waals surface area contributed by atoms with Gasteiger partial charge in [0, 0.05) is 10.6 Å². The van der Waals surface area contributed by atoms with Crippen LogP contribution in [0.4, 0.5) is 18.9 Å². The maximum Gasteiger partial charge on any atom is 0.416 e. The van der Waals surface area contributed by atoms with Gasteiger partial charge in [0.2, 0.25) is 5.91 Å². The molecule has 7 heteroatoms. The minimum absolute atomic E-state index is 0.122. The second-order valence-electron chi connectivity index (χ2n) is 5.00. The predicted molar refractivity (Wildman–Crippen MR) is 88.4 cm³/mol. The van der Waals surface area contributed by atoms with Crippen LogP contribution < -0.4 is 10.1 Å². The summed E-state index contributed by atoms with van der Waals surface area (Å²) >= 11 is 1.31. The van der Waals surface area contributed by atoms with Gasteiger partial charge in [-0.05, 0) is 49.4 Å². The number of alkyl halides is 3. The van der Waals surface area contributed by atoms with E-state index in [1.165, 1.54) is 23.9 Å². The number of thioether (sulfide) groups is 1. The lowest BCUT2D eigenvalue weighted by Gasteiger charge is -2.13. The molecule has 0 aromatic heterocycles. The molecule has 3 nitrogen and oxygen atoms in total. The third-order valence-corrected chi connectivity index (χ3v) is 4.31. The average molecular weight is 355 g/mol. The lowest BCUT2D eigenvalue weighted by molar-refractivity contribution is -0.137. The fourth-order valence-corrected chi connectivity index (χ4v) is 2.80. The molecule has 1 N–H and O–H groups in total. The van der Waals surface area contributed by atoms with Crippen LogP contribution in [0, 0.1) is 0 Å². The Bertz CT molecular complexity index is 702. The Morgan fingerprint density at radius 1 is 1.17 bits per heavy atom. The van der Waals surface area contributed by atoms with Crippen LogP contribution in [0.15, 0.2) is 53.4 Å². The van der Waals surface area contributed by atoms with Gasteiger partial charge in [-0.3, -0.25) is 4.79 Å². The fourth-order valence-electron chi connectivity index (χ4n) is 1.93. The van der Waals surface area contributed by atoms with Crippen LogP contribution in [-0.4, -0.2) is 18.3 Å². The predicted octanol–water partition coefficient (Wildman–Crippen LogP) is 4.83. The van der Waals surface area contributed by atoms with Gasteiger partial charge in [-0.25, -0.2) is 0 Å². The highest BCUT2D eigenvalue weighted by Crippen LogP contribution is 2.31. The molecule has 128 valence electrons. The molecule has 0 unspecified atom stereocenters. The molecule has 2 aromatic carbocycles. The molecule has 0 spiro atoms. The first kappa shape index (κ1) is 18.2. The number of hydrogen-bond donors (Lipinski definition) is 1. The van der Waals surface area contributed by atoms with E-state index in [9.17, 15) is 18.0 Å². The van der Waals surface area contributed by atoms with Gasteiger partial charge in [0.05, 0.1) is 17.9 Å². The zero-order chi connectivity index (χ0) is 17.7. The highest BCUT2D eigenvalue weighted by Gasteiger charge is 2.30. The number of anilines is 1. The van der Waals surface area contributed by atoms with Crippen molar-refractivity contribution < 1.29 is 22.7 Å². The molecule has 0 radical (unpaired) electrons. The molecule has 1 atom stereocenters. The standard InChI is InChI=1S/C17H16F3NO2S/c1-11(24-15-8-6-14(23-2)7-9-15)16(22)21-13-5-3-4-12(10-13)17(18,19)20/h3-11H,1-2H3,(H,21,22)/t11-/m0/s1. The number of methoxy groups -OCH3 is 1. The highest BCUT2D eigenvalue weighted by molar-refractivity contribution is 8.00. The number of hydrogen-bond acceptors (Lipinski definition) is 3. The van der Waals surface area contributed by atoms with Crippen LogP contribution in [0.1, 0.15) is 12.5 Å². The molecular weight excluding hydrogens is 339 g/mol. The highest BCUT2D eigenvalue weighted by atomic mass is 32.2. The first-order chi connectivity index (χ1) is 11.3. The molecule has 0 aliphatic carbocycles. The summed E-state index contributed by atoms with van der Waals surface area (Å²) in [5.74, 6) is 0.343. The Kier molecular flexibility index (Phi) is 5.77. The molecule has 0 saturated carbocycles. The van der Waals surface area contributed by atoms with Gasteiger partial charge in [-0.1, -0.05) is 6.07 Å². The van der Waals surface area contributed by atoms with E-state index in [4.69, 9.17) is 4.74 Å². The van der Waals surface area contributed by atoms with Crippen LogP contribution in [0.5, 0.6) is 5.75 Å². The molecule has 24 heavy (non-hydrogen) atoms. The topological polar surface area (TPSA) is 38.3 Å². The Hall–Kier alpha value is -2.15. The summed E-state index contributed by atoms with van der Waals surface area (Å²) in [4.78, 5) is 13.0. The van der Waals surface area contributed by atoms with Crippen LogP contribution >= 0.6 is 11.8 Å². The number of benzene rings is 2. The molecule has 0 aliphatic rings. The van der Waals surface area contributed by atoms with E-state index in [1.807, 2.05) is 12.1 Å². The van der Waals surface area contributed by atoms with Gasteiger partial charge >= 0.3 is 6.18 Å². The molecule has 0 aliphatic heterocycles. The minimum atomic E-state index is -4.44. The molecule has 0 heterocycles. The molecular formula is C17H16F3NO2S. The van der Waals surface area contributed by atoms with Crippen LogP contribution in [0.3, 0.4) is 0 Å². The van der Waals surface area contributed by atoms with Crippen molar-refractivity contribution in [1.82, 2.24) is 0 Å². The molecule has 2 aromatic rings. The monoisotopic (exact) mass is 355 g/mol. The van der Waals surface area contributed by atoms with Gasteiger partial charge in [0.25, 0.3) is 0 Å². The minimum Gasteiger partial charge on any atom is -0.497 e. The summed E-state index contributed by atoms with van der Waals surface area (Å²) in [5.41, 5.74) is -0.673. The molecule has 0 saturated heterocycles. The number of ether oxygens (including phenoxy) is 1. The maximum atomic E-state index is 12.7. The fraction of sp³-hybridized carbons (Fsp3) is 0.235. The largest absolute Gasteiger partial charge is 0.497 e. The Morgan fingerprint density at radius 2 is 1.83 bits per heavy atom. The van der Waals surface area contributed by atoms with Crippen molar-refractivity contribution in [2.75, 3.05) is 12.4 Å². The van der Waals surface area contributed by atoms with Crippen molar-refractivity contribution in [2.45, 2.75) is 23.2 Å². The van der Waals surface area contributed by atoms with Crippen LogP contribution in [0.25, 0.3) is 0 Å². The van der Waals surface area contributed by atoms with Gasteiger partial charge in [-0.2, -0.15) is 13.2 Å². The normalized spacial score (nSPS) is 12.5. The third kappa shape index (κ3) is 4.92. The van der Waals surface area contributed by atoms with E-state index in [0.717, 1.165) is 17.0 Å². The average Bonchev–Trinajstić information content (AvgIpc) is 2.55. The number of rotatable bonds is 5. The number of carbonyl (C=O) groups is 1. The van der Waals surface area contributed by atoms with E-state index in [-0.39, 0.29) is 11.6 Å². The lowest BCUT2D eigenvalue weighted by Crippen LogP contribution is -2.22. The van der Waals surface area contributed by atoms with Gasteiger partial charge in [-0.15, -0.1) is 11.8 Å². The summed E-state index contributed by atoms with van der Waals surface area (Å²) in [6, 6.07) is 11.8. The summed E-state index contributed by atoms with van der Waals surface area (Å²) < 4.78 is 43.1. The Balaban J connectivity index is 2.00. The smallest absolute Gasteiger partial charge is 0.416 e. The molecule has 0 fully saturated rings. The SMILES string of the molecule is COc1ccc(S[C@@H](C)C(=O)Nc2cccc(C(F)(F)F)c2)cc1. The zero-order valence-corrected chi connectivity index (χ0v) is 13.9. The van der Waals surface area contributed by atoms with Crippen molar-refractivity contribution in [1.29, 1.82) is 0 Å². The number of carbonyl (C=O) groups excluding carboxylic acids is 1. The van der Waals surface area contributed by atoms with Crippen molar-refractivity contribution in [3.63, 3.8) is 0 Å². The van der Waals surface area contributed by atoms with E-state index in [1.54, 1.807) is 26.2 Å². The first-order valence-electron chi connectivity index (χ1n) is 7.08. The lowest BCUT2D eigenvalue weighted by atomic mass is 10.2. The zero-order valence-electron chi connectivity index (χ0n) is 13.1. The molecule has 0 bridgehead atoms. The van der Waals surface area contributed by atoms with E-state index in [2.05, 4.69) is 5.32 Å². The Labute approximate surface area is 142 Å². The second kappa shape index (κ2) is 7.61. The van der Waals surface area contributed by atoms with Crippen molar-refractivity contribution in [2.24, 2.45) is 0 Å². The summed E-state index contributed by atoms with van der Waals surface area (Å²) in [7, 11) is 1.56. The Morgan fingerprint density at radius 3 is 2.42 bits per heavy atom. The summed E-state index contributed by atoms with van der Waals surface area (Å²) in [6.07, 6.45) is -4.44. The van der Waals surface area contributed by atoms with Gasteiger partial charge < -0.3 is 10.1 Å². The third-order valence-electron chi connectivity index (χ3n) is 3.20. The maximum absolute atomic E-state index is 12.7. The van der Waals surface area contributed by atoms with Gasteiger partial charge in [0.1, 0.15) is 5.75 Å². The quantitative estimate of drug-likeness (QED) is 0.781. The number of amides is 1. The van der Waals surface area contributed by atoms with Crippen molar-refractivity contribution in [3.8, 4) is 5.75 Å². The van der Waals surface area contributed by atoms with E-state index < -0.39 is 17.0 Å². The molecule has 2 rings (SSSR count). The van der Waals surface area contributed by atoms with Crippen LogP contribution in [0.2, 0.25) is 0 Å². The van der Waals surface area contributed by atoms with Crippen molar-refractivity contribution in [3.05, 3.63) is 54.1 Å². The molecule has 1 amide bonds. The summed E-state index contributed by atoms with van der Waals surface area (Å²) in [6.45, 7) is 1.69. The van der Waals surface area contributed by atoms with Gasteiger partial charge in [0.15, 0.2) is 0 Å². The van der Waals surface area contributed by atoms with E-state index in [0.29, 0.717) is 5.75 Å². The first-order valence-corrected chi connectivity index (χ1v) is 7.96. The van der Waals surface area contributed by atoms with Crippen molar-refractivity contribution >= 4 is 23.4 Å². The second-order valence-corrected chi connectivity index (χ2v) is 6.42. The number of halogens is 3. The number of nitrogens with one attached hydrogen (secondary N) is 1. The van der Waals surface area contributed by atoms with E-state index >= 15 is 0 Å². The van der Waals surface area contributed by atoms with Crippen LogP contribution in [-0.2, 0) is 11.0 Å². The summed E-state index contributed by atoms with van der Waals surface area (Å²) in [5, 5.41) is 2.05.